The molecule has 0 saturated heterocycles. The van der Waals surface area contributed by atoms with Crippen molar-refractivity contribution in [3.63, 3.8) is 0 Å². The number of rotatable bonds is 7. The Balaban J connectivity index is 1.76. The van der Waals surface area contributed by atoms with Gasteiger partial charge in [-0.05, 0) is 42.5 Å². The van der Waals surface area contributed by atoms with Crippen molar-refractivity contribution in [2.75, 3.05) is 12.4 Å². The Kier molecular flexibility index (Phi) is 7.16. The highest BCUT2D eigenvalue weighted by molar-refractivity contribution is 9.10. The number of carbonyl (C=O) groups excluding carboxylic acids is 2. The van der Waals surface area contributed by atoms with Crippen molar-refractivity contribution in [3.05, 3.63) is 52.5 Å². The molecule has 2 amide bonds. The number of hydrazone groups is 1. The van der Waals surface area contributed by atoms with E-state index in [0.29, 0.717) is 17.0 Å². The van der Waals surface area contributed by atoms with Gasteiger partial charge in [-0.15, -0.1) is 0 Å². The first-order chi connectivity index (χ1) is 12.5. The van der Waals surface area contributed by atoms with Gasteiger partial charge in [-0.2, -0.15) is 5.10 Å². The lowest BCUT2D eigenvalue weighted by atomic mass is 10.2. The molecule has 26 heavy (non-hydrogen) atoms. The first kappa shape index (κ1) is 19.5. The molecule has 0 atom stereocenters. The lowest BCUT2D eigenvalue weighted by molar-refractivity contribution is -0.124. The van der Waals surface area contributed by atoms with Crippen LogP contribution >= 0.6 is 15.9 Å². The van der Waals surface area contributed by atoms with E-state index >= 15 is 0 Å². The molecule has 0 saturated carbocycles. The van der Waals surface area contributed by atoms with Crippen LogP contribution in [0.3, 0.4) is 0 Å². The summed E-state index contributed by atoms with van der Waals surface area (Å²) in [6.45, 7) is 0. The molecule has 0 fully saturated rings. The molecule has 0 unspecified atom stereocenters. The van der Waals surface area contributed by atoms with Gasteiger partial charge in [-0.25, -0.2) is 5.43 Å². The number of hydrogen-bond acceptors (Lipinski definition) is 5. The van der Waals surface area contributed by atoms with Gasteiger partial charge in [0.1, 0.15) is 11.5 Å². The maximum atomic E-state index is 11.8. The smallest absolute Gasteiger partial charge is 0.240 e. The lowest BCUT2D eigenvalue weighted by Crippen LogP contribution is -2.20. The fourth-order valence-corrected chi connectivity index (χ4v) is 2.36. The number of phenolic OH excluding ortho intramolecular Hbond substituents is 1. The number of benzene rings is 2. The SMILES string of the molecule is COc1ccc(NC(=O)CCC(=O)NN=Cc2cc(Br)ccc2O)cc1. The number of nitrogens with zero attached hydrogens (tertiary/aromatic N) is 1. The molecule has 0 bridgehead atoms. The quantitative estimate of drug-likeness (QED) is 0.474. The zero-order valence-electron chi connectivity index (χ0n) is 14.0. The first-order valence-corrected chi connectivity index (χ1v) is 8.51. The molecule has 7 nitrogen and oxygen atoms in total. The fraction of sp³-hybridized carbons (Fsp3) is 0.167. The van der Waals surface area contributed by atoms with Gasteiger partial charge in [0.2, 0.25) is 11.8 Å². The second-order valence-corrected chi connectivity index (χ2v) is 6.19. The van der Waals surface area contributed by atoms with Gasteiger partial charge in [-0.1, -0.05) is 15.9 Å². The van der Waals surface area contributed by atoms with E-state index in [-0.39, 0.29) is 24.5 Å². The number of nitrogens with one attached hydrogen (secondary N) is 2. The van der Waals surface area contributed by atoms with Crippen molar-refractivity contribution >= 4 is 39.6 Å². The van der Waals surface area contributed by atoms with E-state index in [1.807, 2.05) is 0 Å². The van der Waals surface area contributed by atoms with Crippen LogP contribution in [0.4, 0.5) is 5.69 Å². The molecule has 0 spiro atoms. The Morgan fingerprint density at radius 3 is 2.54 bits per heavy atom. The van der Waals surface area contributed by atoms with Gasteiger partial charge in [0.15, 0.2) is 0 Å². The summed E-state index contributed by atoms with van der Waals surface area (Å²) in [6, 6.07) is 11.7. The minimum Gasteiger partial charge on any atom is -0.507 e. The molecule has 0 aliphatic rings. The number of amides is 2. The fourth-order valence-electron chi connectivity index (χ4n) is 1.98. The van der Waals surface area contributed by atoms with E-state index in [1.54, 1.807) is 43.5 Å². The predicted molar refractivity (Wildman–Crippen MR) is 102 cm³/mol. The van der Waals surface area contributed by atoms with Crippen LogP contribution in [0.5, 0.6) is 11.5 Å². The Bertz CT molecular complexity index is 807. The summed E-state index contributed by atoms with van der Waals surface area (Å²) in [5.41, 5.74) is 3.40. The van der Waals surface area contributed by atoms with Gasteiger partial charge in [-0.3, -0.25) is 9.59 Å². The summed E-state index contributed by atoms with van der Waals surface area (Å²) >= 11 is 3.28. The number of phenols is 1. The Labute approximate surface area is 159 Å². The highest BCUT2D eigenvalue weighted by atomic mass is 79.9. The van der Waals surface area contributed by atoms with Crippen molar-refractivity contribution in [2.24, 2.45) is 5.10 Å². The van der Waals surface area contributed by atoms with E-state index in [9.17, 15) is 14.7 Å². The molecular formula is C18H18BrN3O4. The molecular weight excluding hydrogens is 402 g/mol. The standard InChI is InChI=1S/C18H18BrN3O4/c1-26-15-5-3-14(4-6-15)21-17(24)8-9-18(25)22-20-11-12-10-13(19)2-7-16(12)23/h2-7,10-11,23H,8-9H2,1H3,(H,21,24)(H,22,25). The Morgan fingerprint density at radius 2 is 1.85 bits per heavy atom. The lowest BCUT2D eigenvalue weighted by Gasteiger charge is -2.06. The van der Waals surface area contributed by atoms with Crippen molar-refractivity contribution in [3.8, 4) is 11.5 Å². The van der Waals surface area contributed by atoms with Crippen LogP contribution < -0.4 is 15.5 Å². The number of halogens is 1. The van der Waals surface area contributed by atoms with Crippen LogP contribution in [0.2, 0.25) is 0 Å². The molecule has 0 aliphatic heterocycles. The number of carbonyl (C=O) groups is 2. The third-order valence-electron chi connectivity index (χ3n) is 3.34. The molecule has 2 rings (SSSR count). The molecule has 2 aromatic carbocycles. The average Bonchev–Trinajstić information content (AvgIpc) is 2.63. The van der Waals surface area contributed by atoms with Gasteiger partial charge < -0.3 is 15.2 Å². The zero-order valence-corrected chi connectivity index (χ0v) is 15.6. The highest BCUT2D eigenvalue weighted by Crippen LogP contribution is 2.20. The Hall–Kier alpha value is -2.87. The summed E-state index contributed by atoms with van der Waals surface area (Å²) in [4.78, 5) is 23.6. The second kappa shape index (κ2) is 9.57. The van der Waals surface area contributed by atoms with E-state index < -0.39 is 5.91 Å². The third kappa shape index (κ3) is 6.21. The predicted octanol–water partition coefficient (Wildman–Crippen LogP) is 3.03. The monoisotopic (exact) mass is 419 g/mol. The molecule has 136 valence electrons. The van der Waals surface area contributed by atoms with Gasteiger partial charge >= 0.3 is 0 Å². The number of ether oxygens (including phenoxy) is 1. The van der Waals surface area contributed by atoms with Gasteiger partial charge in [0.25, 0.3) is 0 Å². The van der Waals surface area contributed by atoms with Crippen LogP contribution in [0, 0.1) is 0 Å². The topological polar surface area (TPSA) is 100 Å². The zero-order chi connectivity index (χ0) is 18.9. The van der Waals surface area contributed by atoms with E-state index in [0.717, 1.165) is 4.47 Å². The van der Waals surface area contributed by atoms with Gasteiger partial charge in [0.05, 0.1) is 13.3 Å². The molecule has 3 N–H and O–H groups in total. The number of methoxy groups -OCH3 is 1. The normalized spacial score (nSPS) is 10.5. The van der Waals surface area contributed by atoms with Crippen molar-refractivity contribution in [1.82, 2.24) is 5.43 Å². The number of anilines is 1. The van der Waals surface area contributed by atoms with Crippen molar-refractivity contribution in [1.29, 1.82) is 0 Å². The number of hydrogen-bond donors (Lipinski definition) is 3. The Morgan fingerprint density at radius 1 is 1.15 bits per heavy atom. The minimum atomic E-state index is -0.402. The maximum absolute atomic E-state index is 11.8. The molecule has 0 aliphatic carbocycles. The first-order valence-electron chi connectivity index (χ1n) is 7.72. The largest absolute Gasteiger partial charge is 0.507 e. The highest BCUT2D eigenvalue weighted by Gasteiger charge is 2.07. The van der Waals surface area contributed by atoms with Crippen molar-refractivity contribution in [2.45, 2.75) is 12.8 Å². The second-order valence-electron chi connectivity index (χ2n) is 5.27. The van der Waals surface area contributed by atoms with E-state index in [4.69, 9.17) is 4.74 Å². The molecule has 2 aromatic rings. The molecule has 0 radical (unpaired) electrons. The summed E-state index contributed by atoms with van der Waals surface area (Å²) in [6.07, 6.45) is 1.34. The van der Waals surface area contributed by atoms with Crippen LogP contribution in [0.15, 0.2) is 52.0 Å². The maximum Gasteiger partial charge on any atom is 0.240 e. The summed E-state index contributed by atoms with van der Waals surface area (Å²) in [7, 11) is 1.56. The van der Waals surface area contributed by atoms with Crippen LogP contribution in [-0.2, 0) is 9.59 Å². The van der Waals surface area contributed by atoms with Crippen LogP contribution in [0.1, 0.15) is 18.4 Å². The minimum absolute atomic E-state index is 0.0101. The van der Waals surface area contributed by atoms with Crippen LogP contribution in [0.25, 0.3) is 0 Å². The van der Waals surface area contributed by atoms with E-state index in [2.05, 4.69) is 31.8 Å². The summed E-state index contributed by atoms with van der Waals surface area (Å²) < 4.78 is 5.82. The van der Waals surface area contributed by atoms with E-state index in [1.165, 1.54) is 12.3 Å². The summed E-state index contributed by atoms with van der Waals surface area (Å²) in [5, 5.41) is 16.1. The third-order valence-corrected chi connectivity index (χ3v) is 3.83. The van der Waals surface area contributed by atoms with Crippen molar-refractivity contribution < 1.29 is 19.4 Å². The van der Waals surface area contributed by atoms with Crippen LogP contribution in [-0.4, -0.2) is 30.2 Å². The molecule has 0 aromatic heterocycles. The molecule has 0 heterocycles. The number of aromatic hydroxyl groups is 1. The average molecular weight is 420 g/mol. The summed E-state index contributed by atoms with van der Waals surface area (Å²) in [5.74, 6) is 0.0568. The van der Waals surface area contributed by atoms with Gasteiger partial charge in [0, 0.05) is 28.6 Å². The molecule has 8 heteroatoms.